The number of pyridine rings is 1. The van der Waals surface area contributed by atoms with Gasteiger partial charge < -0.3 is 15.9 Å². The zero-order valence-corrected chi connectivity index (χ0v) is 6.84. The average molecular weight is 182 g/mol. The fourth-order valence-electron chi connectivity index (χ4n) is 0.912. The minimum absolute atomic E-state index is 0.0285. The molecular weight excluding hydrogens is 172 g/mol. The maximum Gasteiger partial charge on any atom is 0.320 e. The Balaban J connectivity index is 2.74. The number of aromatic hydroxyl groups is 1. The largest absolute Gasteiger partial charge is 0.506 e. The van der Waals surface area contributed by atoms with Crippen molar-refractivity contribution in [3.8, 4) is 5.75 Å². The van der Waals surface area contributed by atoms with E-state index in [0.29, 0.717) is 5.56 Å². The molecule has 0 saturated carbocycles. The summed E-state index contributed by atoms with van der Waals surface area (Å²) in [6, 6.07) is 0.547. The van der Waals surface area contributed by atoms with E-state index < -0.39 is 12.0 Å². The molecule has 0 radical (unpaired) electrons. The highest BCUT2D eigenvalue weighted by atomic mass is 16.4. The molecule has 1 aromatic rings. The molecule has 1 atom stereocenters. The van der Waals surface area contributed by atoms with Gasteiger partial charge in [0.2, 0.25) is 0 Å². The SMILES string of the molecule is N[C@@H](Cc1ccncc1O)C(=O)O. The number of hydrogen-bond acceptors (Lipinski definition) is 4. The highest BCUT2D eigenvalue weighted by Gasteiger charge is 2.13. The van der Waals surface area contributed by atoms with Crippen LogP contribution in [0.1, 0.15) is 5.56 Å². The van der Waals surface area contributed by atoms with E-state index in [9.17, 15) is 9.90 Å². The van der Waals surface area contributed by atoms with E-state index in [-0.39, 0.29) is 12.2 Å². The fourth-order valence-corrected chi connectivity index (χ4v) is 0.912. The molecule has 0 amide bonds. The van der Waals surface area contributed by atoms with Crippen LogP contribution in [-0.4, -0.2) is 27.2 Å². The maximum absolute atomic E-state index is 10.4. The summed E-state index contributed by atoms with van der Waals surface area (Å²) >= 11 is 0. The van der Waals surface area contributed by atoms with Gasteiger partial charge in [-0.1, -0.05) is 0 Å². The summed E-state index contributed by atoms with van der Waals surface area (Å²) in [4.78, 5) is 14.1. The first-order valence-corrected chi connectivity index (χ1v) is 3.71. The van der Waals surface area contributed by atoms with Gasteiger partial charge in [0.1, 0.15) is 11.8 Å². The molecule has 0 unspecified atom stereocenters. The summed E-state index contributed by atoms with van der Waals surface area (Å²) in [5.74, 6) is -1.12. The Morgan fingerprint density at radius 1 is 1.69 bits per heavy atom. The summed E-state index contributed by atoms with van der Waals surface area (Å²) < 4.78 is 0. The van der Waals surface area contributed by atoms with Crippen molar-refractivity contribution in [2.45, 2.75) is 12.5 Å². The molecule has 0 fully saturated rings. The van der Waals surface area contributed by atoms with Gasteiger partial charge in [-0.25, -0.2) is 0 Å². The van der Waals surface area contributed by atoms with Crippen molar-refractivity contribution in [3.63, 3.8) is 0 Å². The minimum atomic E-state index is -1.09. The quantitative estimate of drug-likeness (QED) is 0.598. The predicted molar refractivity (Wildman–Crippen MR) is 45.2 cm³/mol. The number of carboxylic acid groups (broad SMARTS) is 1. The van der Waals surface area contributed by atoms with E-state index in [1.165, 1.54) is 18.5 Å². The second kappa shape index (κ2) is 3.86. The van der Waals surface area contributed by atoms with Crippen molar-refractivity contribution in [2.24, 2.45) is 5.73 Å². The van der Waals surface area contributed by atoms with Gasteiger partial charge in [-0.3, -0.25) is 9.78 Å². The average Bonchev–Trinajstić information content (AvgIpc) is 2.08. The molecule has 0 bridgehead atoms. The van der Waals surface area contributed by atoms with Crippen LogP contribution in [0, 0.1) is 0 Å². The van der Waals surface area contributed by atoms with E-state index in [2.05, 4.69) is 4.98 Å². The molecule has 1 heterocycles. The molecule has 1 aromatic heterocycles. The van der Waals surface area contributed by atoms with Crippen LogP contribution in [0.5, 0.6) is 5.75 Å². The summed E-state index contributed by atoms with van der Waals surface area (Å²) in [7, 11) is 0. The van der Waals surface area contributed by atoms with Crippen LogP contribution in [0.2, 0.25) is 0 Å². The van der Waals surface area contributed by atoms with Crippen LogP contribution in [0.4, 0.5) is 0 Å². The first-order chi connectivity index (χ1) is 6.11. The lowest BCUT2D eigenvalue weighted by molar-refractivity contribution is -0.138. The molecule has 5 heteroatoms. The highest BCUT2D eigenvalue weighted by Crippen LogP contribution is 2.15. The third kappa shape index (κ3) is 2.41. The van der Waals surface area contributed by atoms with Crippen LogP contribution in [-0.2, 0) is 11.2 Å². The number of nitrogens with zero attached hydrogens (tertiary/aromatic N) is 1. The van der Waals surface area contributed by atoms with Gasteiger partial charge in [0.25, 0.3) is 0 Å². The van der Waals surface area contributed by atoms with Crippen LogP contribution in [0.15, 0.2) is 18.5 Å². The van der Waals surface area contributed by atoms with E-state index in [4.69, 9.17) is 10.8 Å². The molecule has 70 valence electrons. The highest BCUT2D eigenvalue weighted by molar-refractivity contribution is 5.73. The molecule has 5 nitrogen and oxygen atoms in total. The van der Waals surface area contributed by atoms with Crippen LogP contribution < -0.4 is 5.73 Å². The fraction of sp³-hybridized carbons (Fsp3) is 0.250. The standard InChI is InChI=1S/C8H10N2O3/c9-6(8(12)13)3-5-1-2-10-4-7(5)11/h1-2,4,6,11H,3,9H2,(H,12,13)/t6-/m0/s1. The number of carbonyl (C=O) groups is 1. The van der Waals surface area contributed by atoms with E-state index in [0.717, 1.165) is 0 Å². The van der Waals surface area contributed by atoms with E-state index >= 15 is 0 Å². The first kappa shape index (κ1) is 9.47. The second-order valence-electron chi connectivity index (χ2n) is 2.65. The van der Waals surface area contributed by atoms with Gasteiger partial charge in [-0.2, -0.15) is 0 Å². The smallest absolute Gasteiger partial charge is 0.320 e. The summed E-state index contributed by atoms with van der Waals surface area (Å²) in [5, 5.41) is 17.7. The summed E-state index contributed by atoms with van der Waals surface area (Å²) in [6.07, 6.45) is 2.83. The normalized spacial score (nSPS) is 12.4. The van der Waals surface area contributed by atoms with Crippen molar-refractivity contribution in [3.05, 3.63) is 24.0 Å². The second-order valence-corrected chi connectivity index (χ2v) is 2.65. The molecule has 0 aliphatic carbocycles. The Bertz CT molecular complexity index is 314. The van der Waals surface area contributed by atoms with Crippen molar-refractivity contribution in [1.29, 1.82) is 0 Å². The lowest BCUT2D eigenvalue weighted by Gasteiger charge is -2.06. The van der Waals surface area contributed by atoms with Crippen LogP contribution in [0.3, 0.4) is 0 Å². The molecule has 1 rings (SSSR count). The molecule has 0 aromatic carbocycles. The predicted octanol–water partition coefficient (Wildman–Crippen LogP) is -0.258. The van der Waals surface area contributed by atoms with Crippen molar-refractivity contribution >= 4 is 5.97 Å². The number of carboxylic acids is 1. The zero-order chi connectivity index (χ0) is 9.84. The Labute approximate surface area is 74.8 Å². The molecule has 4 N–H and O–H groups in total. The number of aliphatic carboxylic acids is 1. The van der Waals surface area contributed by atoms with E-state index in [1.807, 2.05) is 0 Å². The Morgan fingerprint density at radius 3 is 2.92 bits per heavy atom. The van der Waals surface area contributed by atoms with Gasteiger partial charge in [-0.05, 0) is 11.6 Å². The Hall–Kier alpha value is -1.62. The van der Waals surface area contributed by atoms with Gasteiger partial charge in [0.05, 0.1) is 6.20 Å². The summed E-state index contributed by atoms with van der Waals surface area (Å²) in [6.45, 7) is 0. The van der Waals surface area contributed by atoms with Gasteiger partial charge in [-0.15, -0.1) is 0 Å². The molecule has 13 heavy (non-hydrogen) atoms. The van der Waals surface area contributed by atoms with Gasteiger partial charge >= 0.3 is 5.97 Å². The number of rotatable bonds is 3. The maximum atomic E-state index is 10.4. The van der Waals surface area contributed by atoms with Crippen LogP contribution in [0.25, 0.3) is 0 Å². The van der Waals surface area contributed by atoms with Gasteiger partial charge in [0, 0.05) is 12.6 Å². The monoisotopic (exact) mass is 182 g/mol. The number of nitrogens with two attached hydrogens (primary N) is 1. The molecule has 0 aliphatic heterocycles. The molecular formula is C8H10N2O3. The number of aromatic nitrogens is 1. The van der Waals surface area contributed by atoms with Gasteiger partial charge in [0.15, 0.2) is 0 Å². The molecule has 0 saturated heterocycles. The first-order valence-electron chi connectivity index (χ1n) is 3.71. The Kier molecular flexibility index (Phi) is 2.81. The van der Waals surface area contributed by atoms with E-state index in [1.54, 1.807) is 0 Å². The van der Waals surface area contributed by atoms with Crippen molar-refractivity contribution in [1.82, 2.24) is 4.98 Å². The lowest BCUT2D eigenvalue weighted by atomic mass is 10.1. The molecule has 0 aliphatic rings. The topological polar surface area (TPSA) is 96.4 Å². The number of hydrogen-bond donors (Lipinski definition) is 3. The lowest BCUT2D eigenvalue weighted by Crippen LogP contribution is -2.32. The summed E-state index contributed by atoms with van der Waals surface area (Å²) in [5.41, 5.74) is 5.78. The van der Waals surface area contributed by atoms with Crippen LogP contribution >= 0.6 is 0 Å². The zero-order valence-electron chi connectivity index (χ0n) is 6.84. The third-order valence-electron chi connectivity index (χ3n) is 1.64. The Morgan fingerprint density at radius 2 is 2.38 bits per heavy atom. The van der Waals surface area contributed by atoms with Crippen molar-refractivity contribution < 1.29 is 15.0 Å². The minimum Gasteiger partial charge on any atom is -0.506 e. The third-order valence-corrected chi connectivity index (χ3v) is 1.64. The van der Waals surface area contributed by atoms with Crippen molar-refractivity contribution in [2.75, 3.05) is 0 Å². The molecule has 0 spiro atoms.